The van der Waals surface area contributed by atoms with Gasteiger partial charge in [0.05, 0.1) is 11.6 Å². The first-order chi connectivity index (χ1) is 10.1. The highest BCUT2D eigenvalue weighted by molar-refractivity contribution is 7.99. The molecule has 116 valence electrons. The SMILES string of the molecule is CCCCSCCC(=O)NC1COc2cc(F)cc(F)c21. The predicted octanol–water partition coefficient (Wildman–Crippen LogP) is 3.44. The number of carbonyl (C=O) groups excluding carboxylic acids is 1. The van der Waals surface area contributed by atoms with Crippen LogP contribution in [-0.2, 0) is 4.79 Å². The van der Waals surface area contributed by atoms with Gasteiger partial charge in [-0.3, -0.25) is 4.79 Å². The van der Waals surface area contributed by atoms with Gasteiger partial charge in [-0.2, -0.15) is 11.8 Å². The number of ether oxygens (including phenoxy) is 1. The van der Waals surface area contributed by atoms with Crippen LogP contribution in [0.4, 0.5) is 8.78 Å². The molecule has 0 aromatic heterocycles. The van der Waals surface area contributed by atoms with E-state index in [2.05, 4.69) is 12.2 Å². The van der Waals surface area contributed by atoms with E-state index < -0.39 is 17.7 Å². The largest absolute Gasteiger partial charge is 0.490 e. The molecule has 21 heavy (non-hydrogen) atoms. The quantitative estimate of drug-likeness (QED) is 0.783. The van der Waals surface area contributed by atoms with Crippen molar-refractivity contribution < 1.29 is 18.3 Å². The molecule has 1 unspecified atom stereocenters. The number of fused-ring (bicyclic) bond motifs is 1. The first kappa shape index (κ1) is 16.1. The topological polar surface area (TPSA) is 38.3 Å². The minimum atomic E-state index is -0.676. The summed E-state index contributed by atoms with van der Waals surface area (Å²) in [5.41, 5.74) is 0.239. The normalized spacial score (nSPS) is 16.4. The fraction of sp³-hybridized carbons (Fsp3) is 0.533. The molecular weight excluding hydrogens is 296 g/mol. The molecule has 2 rings (SSSR count). The number of rotatable bonds is 7. The van der Waals surface area contributed by atoms with Crippen molar-refractivity contribution in [3.8, 4) is 5.75 Å². The summed E-state index contributed by atoms with van der Waals surface area (Å²) in [5.74, 6) is 0.487. The van der Waals surface area contributed by atoms with E-state index in [9.17, 15) is 13.6 Å². The van der Waals surface area contributed by atoms with E-state index in [4.69, 9.17) is 4.74 Å². The molecule has 1 aromatic carbocycles. The van der Waals surface area contributed by atoms with Crippen molar-refractivity contribution in [2.24, 2.45) is 0 Å². The third-order valence-electron chi connectivity index (χ3n) is 3.26. The Kier molecular flexibility index (Phi) is 5.85. The second kappa shape index (κ2) is 7.64. The average molecular weight is 315 g/mol. The van der Waals surface area contributed by atoms with Gasteiger partial charge in [-0.05, 0) is 12.2 Å². The number of halogens is 2. The number of amides is 1. The van der Waals surface area contributed by atoms with Gasteiger partial charge in [0.15, 0.2) is 0 Å². The Bertz CT molecular complexity index is 511. The van der Waals surface area contributed by atoms with Gasteiger partial charge in [0.2, 0.25) is 5.91 Å². The number of carbonyl (C=O) groups is 1. The Balaban J connectivity index is 1.84. The molecule has 1 heterocycles. The van der Waals surface area contributed by atoms with Gasteiger partial charge in [0, 0.05) is 24.3 Å². The molecule has 0 spiro atoms. The molecule has 3 nitrogen and oxygen atoms in total. The smallest absolute Gasteiger partial charge is 0.221 e. The number of benzene rings is 1. The van der Waals surface area contributed by atoms with Crippen LogP contribution in [0.5, 0.6) is 5.75 Å². The predicted molar refractivity (Wildman–Crippen MR) is 79.6 cm³/mol. The van der Waals surface area contributed by atoms with Crippen LogP contribution in [0.25, 0.3) is 0 Å². The Labute approximate surface area is 127 Å². The standard InChI is InChI=1S/C15H19F2NO2S/c1-2-3-5-21-6-4-14(19)18-12-9-20-13-8-10(16)7-11(17)15(12)13/h7-8,12H,2-6,9H2,1H3,(H,18,19). The molecule has 1 N–H and O–H groups in total. The second-order valence-corrected chi connectivity index (χ2v) is 6.17. The molecular formula is C15H19F2NO2S. The van der Waals surface area contributed by atoms with E-state index in [0.29, 0.717) is 6.42 Å². The van der Waals surface area contributed by atoms with Crippen LogP contribution >= 0.6 is 11.8 Å². The molecule has 0 aliphatic carbocycles. The summed E-state index contributed by atoms with van der Waals surface area (Å²) in [5, 5.41) is 2.75. The van der Waals surface area contributed by atoms with Crippen molar-refractivity contribution in [1.29, 1.82) is 0 Å². The highest BCUT2D eigenvalue weighted by atomic mass is 32.2. The van der Waals surface area contributed by atoms with Crippen molar-refractivity contribution in [2.45, 2.75) is 32.2 Å². The molecule has 0 radical (unpaired) electrons. The van der Waals surface area contributed by atoms with Gasteiger partial charge < -0.3 is 10.1 Å². The molecule has 0 saturated heterocycles. The Morgan fingerprint density at radius 3 is 3.00 bits per heavy atom. The molecule has 1 aliphatic rings. The van der Waals surface area contributed by atoms with E-state index in [-0.39, 0.29) is 23.8 Å². The van der Waals surface area contributed by atoms with Crippen molar-refractivity contribution in [1.82, 2.24) is 5.32 Å². The third kappa shape index (κ3) is 4.33. The van der Waals surface area contributed by atoms with Crippen molar-refractivity contribution in [3.05, 3.63) is 29.3 Å². The minimum Gasteiger partial charge on any atom is -0.490 e. The zero-order valence-corrected chi connectivity index (χ0v) is 12.8. The Morgan fingerprint density at radius 2 is 2.24 bits per heavy atom. The first-order valence-corrected chi connectivity index (χ1v) is 8.26. The number of thioether (sulfide) groups is 1. The Morgan fingerprint density at radius 1 is 1.43 bits per heavy atom. The average Bonchev–Trinajstić information content (AvgIpc) is 2.81. The van der Waals surface area contributed by atoms with Gasteiger partial charge in [-0.15, -0.1) is 0 Å². The van der Waals surface area contributed by atoms with Crippen LogP contribution in [0.2, 0.25) is 0 Å². The summed E-state index contributed by atoms with van der Waals surface area (Å²) < 4.78 is 32.1. The summed E-state index contributed by atoms with van der Waals surface area (Å²) >= 11 is 1.74. The van der Waals surface area contributed by atoms with Gasteiger partial charge in [-0.25, -0.2) is 8.78 Å². The van der Waals surface area contributed by atoms with Crippen LogP contribution < -0.4 is 10.1 Å². The fourth-order valence-electron chi connectivity index (χ4n) is 2.17. The Hall–Kier alpha value is -1.30. The van der Waals surface area contributed by atoms with Gasteiger partial charge in [0.25, 0.3) is 0 Å². The van der Waals surface area contributed by atoms with Gasteiger partial charge >= 0.3 is 0 Å². The highest BCUT2D eigenvalue weighted by Gasteiger charge is 2.29. The maximum absolute atomic E-state index is 13.8. The first-order valence-electron chi connectivity index (χ1n) is 7.10. The molecule has 1 atom stereocenters. The van der Waals surface area contributed by atoms with Crippen LogP contribution in [0.1, 0.15) is 37.8 Å². The highest BCUT2D eigenvalue weighted by Crippen LogP contribution is 2.35. The summed E-state index contributed by atoms with van der Waals surface area (Å²) in [6.07, 6.45) is 2.68. The van der Waals surface area contributed by atoms with Crippen molar-refractivity contribution in [2.75, 3.05) is 18.1 Å². The lowest BCUT2D eigenvalue weighted by Gasteiger charge is -2.12. The van der Waals surface area contributed by atoms with Crippen LogP contribution in [0, 0.1) is 11.6 Å². The minimum absolute atomic E-state index is 0.135. The maximum Gasteiger partial charge on any atom is 0.221 e. The number of unbranched alkanes of at least 4 members (excludes halogenated alkanes) is 1. The molecule has 0 bridgehead atoms. The zero-order chi connectivity index (χ0) is 15.2. The van der Waals surface area contributed by atoms with E-state index in [1.54, 1.807) is 11.8 Å². The molecule has 1 amide bonds. The van der Waals surface area contributed by atoms with E-state index in [0.717, 1.165) is 36.5 Å². The number of hydrogen-bond acceptors (Lipinski definition) is 3. The summed E-state index contributed by atoms with van der Waals surface area (Å²) in [7, 11) is 0. The molecule has 6 heteroatoms. The van der Waals surface area contributed by atoms with Crippen molar-refractivity contribution in [3.63, 3.8) is 0 Å². The second-order valence-electron chi connectivity index (χ2n) is 4.95. The van der Waals surface area contributed by atoms with Crippen LogP contribution in [-0.4, -0.2) is 24.0 Å². The summed E-state index contributed by atoms with van der Waals surface area (Å²) in [6.45, 7) is 2.27. The molecule has 0 saturated carbocycles. The molecule has 0 fully saturated rings. The summed E-state index contributed by atoms with van der Waals surface area (Å²) in [6, 6.07) is 1.42. The zero-order valence-electron chi connectivity index (χ0n) is 12.0. The van der Waals surface area contributed by atoms with Gasteiger partial charge in [-0.1, -0.05) is 13.3 Å². The molecule has 1 aliphatic heterocycles. The molecule has 1 aromatic rings. The van der Waals surface area contributed by atoms with E-state index in [1.807, 2.05) is 0 Å². The van der Waals surface area contributed by atoms with Crippen LogP contribution in [0.15, 0.2) is 12.1 Å². The van der Waals surface area contributed by atoms with Crippen LogP contribution in [0.3, 0.4) is 0 Å². The lowest BCUT2D eigenvalue weighted by Crippen LogP contribution is -2.30. The third-order valence-corrected chi connectivity index (χ3v) is 4.33. The monoisotopic (exact) mass is 315 g/mol. The van der Waals surface area contributed by atoms with E-state index >= 15 is 0 Å². The maximum atomic E-state index is 13.8. The fourth-order valence-corrected chi connectivity index (χ4v) is 3.20. The number of hydrogen-bond donors (Lipinski definition) is 1. The number of nitrogens with one attached hydrogen (secondary N) is 1. The lowest BCUT2D eigenvalue weighted by atomic mass is 10.1. The lowest BCUT2D eigenvalue weighted by molar-refractivity contribution is -0.121. The van der Waals surface area contributed by atoms with Crippen molar-refractivity contribution >= 4 is 17.7 Å². The van der Waals surface area contributed by atoms with Gasteiger partial charge in [0.1, 0.15) is 24.0 Å². The summed E-state index contributed by atoms with van der Waals surface area (Å²) in [4.78, 5) is 11.8. The van der Waals surface area contributed by atoms with E-state index in [1.165, 1.54) is 0 Å².